The van der Waals surface area contributed by atoms with Crippen molar-refractivity contribution in [3.05, 3.63) is 11.3 Å². The van der Waals surface area contributed by atoms with Crippen LogP contribution in [0, 0.1) is 6.92 Å². The van der Waals surface area contributed by atoms with Crippen molar-refractivity contribution in [3.8, 4) is 0 Å². The summed E-state index contributed by atoms with van der Waals surface area (Å²) in [6.45, 7) is 2.51. The molecule has 5 nitrogen and oxygen atoms in total. The van der Waals surface area contributed by atoms with Gasteiger partial charge in [0.25, 0.3) is 0 Å². The summed E-state index contributed by atoms with van der Waals surface area (Å²) in [7, 11) is 1.77. The molecule has 0 aliphatic carbocycles. The van der Waals surface area contributed by atoms with E-state index in [1.54, 1.807) is 18.7 Å². The molecule has 0 aromatic carbocycles. The van der Waals surface area contributed by atoms with E-state index in [1.165, 1.54) is 11.5 Å². The lowest BCUT2D eigenvalue weighted by atomic mass is 10.2. The van der Waals surface area contributed by atoms with Gasteiger partial charge in [-0.3, -0.25) is 4.68 Å². The first-order chi connectivity index (χ1) is 8.59. The highest BCUT2D eigenvalue weighted by Crippen LogP contribution is 2.25. The summed E-state index contributed by atoms with van der Waals surface area (Å²) in [4.78, 5) is 11.2. The van der Waals surface area contributed by atoms with Gasteiger partial charge >= 0.3 is 5.97 Å². The topological polar surface area (TPSA) is 67.2 Å². The Morgan fingerprint density at radius 3 is 3.00 bits per heavy atom. The Labute approximate surface area is 115 Å². The molecule has 1 aromatic heterocycles. The maximum absolute atomic E-state index is 11.2. The quantitative estimate of drug-likeness (QED) is 0.878. The first-order valence-electron chi connectivity index (χ1n) is 5.79. The Balaban J connectivity index is 2.06. The van der Waals surface area contributed by atoms with Gasteiger partial charge in [0.15, 0.2) is 0 Å². The summed E-state index contributed by atoms with van der Waals surface area (Å²) < 4.78 is 1.61. The molecule has 1 saturated heterocycles. The average Bonchev–Trinajstić information content (AvgIpc) is 2.62. The summed E-state index contributed by atoms with van der Waals surface area (Å²) in [5.41, 5.74) is 0.837. The number of thioether (sulfide) groups is 2. The van der Waals surface area contributed by atoms with Gasteiger partial charge in [-0.1, -0.05) is 0 Å². The zero-order valence-electron chi connectivity index (χ0n) is 10.5. The number of nitrogens with zero attached hydrogens (tertiary/aromatic N) is 2. The molecule has 1 unspecified atom stereocenters. The van der Waals surface area contributed by atoms with Crippen LogP contribution in [-0.2, 0) is 7.05 Å². The zero-order valence-corrected chi connectivity index (χ0v) is 12.1. The highest BCUT2D eigenvalue weighted by Gasteiger charge is 2.21. The fourth-order valence-electron chi connectivity index (χ4n) is 1.98. The van der Waals surface area contributed by atoms with Crippen LogP contribution in [0.5, 0.6) is 0 Å². The number of aryl methyl sites for hydroxylation is 2. The van der Waals surface area contributed by atoms with Crippen molar-refractivity contribution in [1.82, 2.24) is 9.78 Å². The van der Waals surface area contributed by atoms with Crippen LogP contribution < -0.4 is 5.32 Å². The molecule has 0 saturated carbocycles. The number of carbonyl (C=O) groups is 1. The number of aromatic carboxylic acids is 1. The second kappa shape index (κ2) is 5.88. The van der Waals surface area contributed by atoms with Crippen molar-refractivity contribution in [2.45, 2.75) is 12.2 Å². The van der Waals surface area contributed by atoms with Crippen molar-refractivity contribution in [2.24, 2.45) is 7.05 Å². The molecule has 2 N–H and O–H groups in total. The Hall–Kier alpha value is -0.820. The Bertz CT molecular complexity index is 442. The second-order valence-corrected chi connectivity index (χ2v) is 6.74. The molecule has 1 aromatic rings. The standard InChI is InChI=1S/C11H17N3O2S2/c1-7-9(11(15)16)10(14(2)13-7)12-5-8-6-17-3-4-18-8/h8,12H,3-6H2,1-2H3,(H,15,16). The molecule has 1 fully saturated rings. The van der Waals surface area contributed by atoms with Gasteiger partial charge in [-0.15, -0.1) is 0 Å². The van der Waals surface area contributed by atoms with Crippen LogP contribution in [-0.4, -0.2) is 49.9 Å². The minimum absolute atomic E-state index is 0.283. The second-order valence-electron chi connectivity index (χ2n) is 4.19. The largest absolute Gasteiger partial charge is 0.477 e. The molecule has 0 amide bonds. The monoisotopic (exact) mass is 287 g/mol. The third kappa shape index (κ3) is 2.95. The van der Waals surface area contributed by atoms with Gasteiger partial charge in [-0.25, -0.2) is 4.79 Å². The van der Waals surface area contributed by atoms with E-state index < -0.39 is 5.97 Å². The van der Waals surface area contributed by atoms with E-state index in [1.807, 2.05) is 23.5 Å². The highest BCUT2D eigenvalue weighted by molar-refractivity contribution is 8.06. The van der Waals surface area contributed by atoms with E-state index in [0.717, 1.165) is 12.3 Å². The van der Waals surface area contributed by atoms with Gasteiger partial charge in [-0.05, 0) is 6.92 Å². The normalized spacial score (nSPS) is 19.8. The van der Waals surface area contributed by atoms with Crippen LogP contribution in [0.1, 0.15) is 16.1 Å². The summed E-state index contributed by atoms with van der Waals surface area (Å²) in [5.74, 6) is 3.20. The minimum atomic E-state index is -0.922. The first-order valence-corrected chi connectivity index (χ1v) is 8.00. The number of aromatic nitrogens is 2. The fraction of sp³-hybridized carbons (Fsp3) is 0.636. The van der Waals surface area contributed by atoms with E-state index in [-0.39, 0.29) is 5.56 Å². The van der Waals surface area contributed by atoms with E-state index in [0.29, 0.717) is 16.8 Å². The number of rotatable bonds is 4. The molecule has 2 rings (SSSR count). The fourth-order valence-corrected chi connectivity index (χ4v) is 4.59. The van der Waals surface area contributed by atoms with Gasteiger partial charge in [0.2, 0.25) is 0 Å². The van der Waals surface area contributed by atoms with E-state index >= 15 is 0 Å². The number of nitrogens with one attached hydrogen (secondary N) is 1. The summed E-state index contributed by atoms with van der Waals surface area (Å²) in [6.07, 6.45) is 0. The smallest absolute Gasteiger partial charge is 0.341 e. The van der Waals surface area contributed by atoms with Crippen LogP contribution in [0.3, 0.4) is 0 Å². The summed E-state index contributed by atoms with van der Waals surface area (Å²) >= 11 is 3.91. The Kier molecular flexibility index (Phi) is 4.45. The number of carboxylic acid groups (broad SMARTS) is 1. The SMILES string of the molecule is Cc1nn(C)c(NCC2CSCCS2)c1C(=O)O. The number of anilines is 1. The predicted molar refractivity (Wildman–Crippen MR) is 77.0 cm³/mol. The highest BCUT2D eigenvalue weighted by atomic mass is 32.2. The minimum Gasteiger partial charge on any atom is -0.477 e. The van der Waals surface area contributed by atoms with Crippen molar-refractivity contribution in [3.63, 3.8) is 0 Å². The van der Waals surface area contributed by atoms with Gasteiger partial charge < -0.3 is 10.4 Å². The van der Waals surface area contributed by atoms with Gasteiger partial charge in [0.1, 0.15) is 11.4 Å². The number of hydrogen-bond acceptors (Lipinski definition) is 5. The number of hydrogen-bond donors (Lipinski definition) is 2. The molecule has 2 heterocycles. The summed E-state index contributed by atoms with van der Waals surface area (Å²) in [6, 6.07) is 0. The molecule has 1 aliphatic rings. The van der Waals surface area contributed by atoms with Crippen LogP contribution in [0.25, 0.3) is 0 Å². The summed E-state index contributed by atoms with van der Waals surface area (Å²) in [5, 5.41) is 17.1. The van der Waals surface area contributed by atoms with Crippen LogP contribution in [0.2, 0.25) is 0 Å². The Morgan fingerprint density at radius 1 is 1.61 bits per heavy atom. The molecule has 0 spiro atoms. The third-order valence-corrected chi connectivity index (χ3v) is 5.66. The molecular formula is C11H17N3O2S2. The van der Waals surface area contributed by atoms with Crippen molar-refractivity contribution in [1.29, 1.82) is 0 Å². The van der Waals surface area contributed by atoms with E-state index in [4.69, 9.17) is 0 Å². The van der Waals surface area contributed by atoms with E-state index in [9.17, 15) is 9.90 Å². The molecule has 100 valence electrons. The van der Waals surface area contributed by atoms with E-state index in [2.05, 4.69) is 10.4 Å². The van der Waals surface area contributed by atoms with Crippen molar-refractivity contribution in [2.75, 3.05) is 29.1 Å². The number of carboxylic acids is 1. The van der Waals surface area contributed by atoms with Crippen LogP contribution in [0.4, 0.5) is 5.82 Å². The maximum atomic E-state index is 11.2. The third-order valence-electron chi connectivity index (χ3n) is 2.82. The van der Waals surface area contributed by atoms with Crippen molar-refractivity contribution < 1.29 is 9.90 Å². The van der Waals surface area contributed by atoms with Gasteiger partial charge in [-0.2, -0.15) is 28.6 Å². The molecule has 18 heavy (non-hydrogen) atoms. The van der Waals surface area contributed by atoms with Crippen LogP contribution >= 0.6 is 23.5 Å². The molecule has 7 heteroatoms. The first kappa shape index (κ1) is 13.6. The molecule has 1 atom stereocenters. The lowest BCUT2D eigenvalue weighted by Crippen LogP contribution is -2.24. The molecule has 0 bridgehead atoms. The van der Waals surface area contributed by atoms with Gasteiger partial charge in [0, 0.05) is 36.1 Å². The lowest BCUT2D eigenvalue weighted by molar-refractivity contribution is 0.0697. The molecule has 1 aliphatic heterocycles. The lowest BCUT2D eigenvalue weighted by Gasteiger charge is -2.21. The zero-order chi connectivity index (χ0) is 13.1. The predicted octanol–water partition coefficient (Wildman–Crippen LogP) is 1.69. The average molecular weight is 287 g/mol. The van der Waals surface area contributed by atoms with Gasteiger partial charge in [0.05, 0.1) is 5.69 Å². The molecular weight excluding hydrogens is 270 g/mol. The van der Waals surface area contributed by atoms with Crippen molar-refractivity contribution >= 4 is 35.3 Å². The molecule has 0 radical (unpaired) electrons. The Morgan fingerprint density at radius 2 is 2.39 bits per heavy atom. The maximum Gasteiger partial charge on any atom is 0.341 e. The van der Waals surface area contributed by atoms with Crippen LogP contribution in [0.15, 0.2) is 0 Å².